The summed E-state index contributed by atoms with van der Waals surface area (Å²) in [6.45, 7) is 7.79. The number of hydrogen-bond donors (Lipinski definition) is 6. The molecular weight excluding hydrogens is 1410 g/mol. The number of halogens is 5. The van der Waals surface area contributed by atoms with Crippen molar-refractivity contribution < 1.29 is 36.9 Å². The zero-order chi connectivity index (χ0) is 69.9. The second kappa shape index (κ2) is 31.7. The number of hydrogen-bond acceptors (Lipinski definition) is 17. The maximum absolute atomic E-state index is 14.0. The van der Waals surface area contributed by atoms with E-state index in [4.69, 9.17) is 19.2 Å². The number of anilines is 4. The highest BCUT2D eigenvalue weighted by atomic mass is 127. The maximum Gasteiger partial charge on any atom is 0.170 e. The summed E-state index contributed by atoms with van der Waals surface area (Å²) >= 11 is 2.21. The third-order valence-corrected chi connectivity index (χ3v) is 18.8. The van der Waals surface area contributed by atoms with Gasteiger partial charge in [0, 0.05) is 76.5 Å². The molecule has 3 aliphatic carbocycles. The Kier molecular flexibility index (Phi) is 21.7. The van der Waals surface area contributed by atoms with Gasteiger partial charge in [-0.1, -0.05) is 0 Å². The lowest BCUT2D eigenvalue weighted by atomic mass is 10.1. The Morgan fingerprint density at radius 3 is 1.26 bits per heavy atom. The molecule has 522 valence electrons. The number of rotatable bonds is 19. The van der Waals surface area contributed by atoms with Gasteiger partial charge in [-0.2, -0.15) is 25.5 Å². The highest BCUT2D eigenvalue weighted by Gasteiger charge is 2.25. The van der Waals surface area contributed by atoms with E-state index in [1.807, 2.05) is 70.6 Å². The molecule has 6 N–H and O–H groups in total. The maximum atomic E-state index is 14.0. The number of phenolic OH excluding ortho intramolecular Hbond substituents is 1. The van der Waals surface area contributed by atoms with Crippen molar-refractivity contribution in [2.24, 2.45) is 0 Å². The van der Waals surface area contributed by atoms with Gasteiger partial charge < -0.3 is 40.6 Å². The van der Waals surface area contributed by atoms with E-state index in [1.54, 1.807) is 104 Å². The SMILES string of the molecule is CC(Nc1ccn2ncc(-c3cn[nH]c3)c2n1)c1cc(F)ccc1OC1CCCC1.CC(Nc1ccn2ncc(I)c2n1)c1cc(F)ccc1OC1CCCC1.CC(Nc1ccn2nccc2n1)c1cc(F)ccc1O.CC(Nc1ccn2nccc2n1)c1cc(F)ccc1OC1CCCC1. The third-order valence-electron chi connectivity index (χ3n) is 18.0. The van der Waals surface area contributed by atoms with Crippen LogP contribution in [0, 0.1) is 26.8 Å². The minimum Gasteiger partial charge on any atom is -0.508 e. The largest absolute Gasteiger partial charge is 0.508 e. The first kappa shape index (κ1) is 68.9. The molecule has 4 atom stereocenters. The number of benzene rings is 4. The molecule has 13 aromatic rings. The van der Waals surface area contributed by atoms with Crippen molar-refractivity contribution >= 4 is 68.5 Å². The molecule has 0 radical (unpaired) electrons. The summed E-state index contributed by atoms with van der Waals surface area (Å²) in [7, 11) is 0. The van der Waals surface area contributed by atoms with Crippen LogP contribution in [0.5, 0.6) is 23.0 Å². The number of ether oxygens (including phenoxy) is 3. The average molecular weight is 1490 g/mol. The Bertz CT molecular complexity index is 4920. The molecule has 27 heteroatoms. The molecule has 3 saturated carbocycles. The number of aromatic nitrogens is 14. The standard InChI is InChI=1S/C22H23FN6O.C19H20FIN4O.C19H21FN4O.C14H13FN4O/c1-14(18-10-16(23)6-7-20(18)30-17-4-2-3-5-17)27-21-8-9-29-22(28-21)19(13-26-29)15-11-24-25-12-15;1-12(23-18-8-9-25-19(24-18)16(21)11-22-25)15-10-13(20)6-7-17(15)26-14-4-2-3-5-14;1-13(22-18-9-11-24-19(23-18)8-10-21-24)16-12-14(20)6-7-17(16)25-15-4-2-3-5-15;1-9(11-8-10(15)2-3-12(11)20)17-13-5-7-19-14(18-13)4-6-16-19/h6-14,17H,2-5H2,1H3,(H,24,25)(H,27,28);6-12,14H,2-5H2,1H3,(H,23,24);6-13,15H,2-5H2,1H3,(H,22,23);2-9,20H,1H3,(H,17,18). The monoisotopic (exact) mass is 1480 g/mol. The van der Waals surface area contributed by atoms with E-state index in [2.05, 4.69) is 89.4 Å². The van der Waals surface area contributed by atoms with Crippen molar-refractivity contribution in [2.75, 3.05) is 21.3 Å². The van der Waals surface area contributed by atoms with Crippen LogP contribution in [0.1, 0.15) is 151 Å². The third kappa shape index (κ3) is 17.2. The van der Waals surface area contributed by atoms with Crippen molar-refractivity contribution in [2.45, 2.75) is 147 Å². The van der Waals surface area contributed by atoms with Gasteiger partial charge in [-0.3, -0.25) is 5.10 Å². The Hall–Kier alpha value is -10.6. The number of aromatic amines is 1. The minimum absolute atomic E-state index is 0.0526. The van der Waals surface area contributed by atoms with Crippen molar-refractivity contribution in [3.8, 4) is 34.1 Å². The molecule has 0 bridgehead atoms. The predicted molar refractivity (Wildman–Crippen MR) is 386 cm³/mol. The average Bonchev–Trinajstić information content (AvgIpc) is 1.69. The summed E-state index contributed by atoms with van der Waals surface area (Å²) in [5.41, 5.74) is 7.68. The van der Waals surface area contributed by atoms with Crippen LogP contribution < -0.4 is 35.5 Å². The molecule has 101 heavy (non-hydrogen) atoms. The van der Waals surface area contributed by atoms with E-state index in [0.29, 0.717) is 22.8 Å². The van der Waals surface area contributed by atoms with Crippen LogP contribution in [0.25, 0.3) is 33.7 Å². The Labute approximate surface area is 593 Å². The molecule has 3 fully saturated rings. The van der Waals surface area contributed by atoms with Gasteiger partial charge in [0.25, 0.3) is 0 Å². The summed E-state index contributed by atoms with van der Waals surface area (Å²) in [5, 5.41) is 46.6. The number of nitrogens with one attached hydrogen (secondary N) is 5. The smallest absolute Gasteiger partial charge is 0.170 e. The lowest BCUT2D eigenvalue weighted by Crippen LogP contribution is -2.15. The van der Waals surface area contributed by atoms with Crippen molar-refractivity contribution in [3.05, 3.63) is 220 Å². The predicted octanol–water partition coefficient (Wildman–Crippen LogP) is 16.8. The van der Waals surface area contributed by atoms with Gasteiger partial charge in [0.1, 0.15) is 69.5 Å². The van der Waals surface area contributed by atoms with Gasteiger partial charge in [0.2, 0.25) is 0 Å². The zero-order valence-electron chi connectivity index (χ0n) is 56.1. The first-order chi connectivity index (χ1) is 49.1. The van der Waals surface area contributed by atoms with E-state index >= 15 is 0 Å². The number of nitrogens with zero attached hydrogens (tertiary/aromatic N) is 13. The van der Waals surface area contributed by atoms with E-state index in [0.717, 1.165) is 116 Å². The van der Waals surface area contributed by atoms with Crippen molar-refractivity contribution in [1.82, 2.24) is 68.6 Å². The van der Waals surface area contributed by atoms with E-state index in [9.17, 15) is 22.7 Å². The fraction of sp³-hybridized carbons (Fsp3) is 0.311. The van der Waals surface area contributed by atoms with E-state index < -0.39 is 0 Å². The molecule has 0 amide bonds. The normalized spacial score (nSPS) is 15.3. The fourth-order valence-corrected chi connectivity index (χ4v) is 13.3. The molecule has 22 nitrogen and oxygen atoms in total. The van der Waals surface area contributed by atoms with E-state index in [1.165, 1.54) is 81.0 Å². The van der Waals surface area contributed by atoms with Gasteiger partial charge in [0.15, 0.2) is 22.6 Å². The van der Waals surface area contributed by atoms with Crippen LogP contribution in [0.4, 0.5) is 40.8 Å². The van der Waals surface area contributed by atoms with Gasteiger partial charge >= 0.3 is 0 Å². The molecular formula is C74H77F4IN18O4. The summed E-state index contributed by atoms with van der Waals surface area (Å²) in [6, 6.07) is 28.3. The summed E-state index contributed by atoms with van der Waals surface area (Å²) in [6.07, 6.45) is 32.0. The topological polar surface area (TPSA) is 245 Å². The lowest BCUT2D eigenvalue weighted by Gasteiger charge is -2.21. The second-order valence-electron chi connectivity index (χ2n) is 25.4. The van der Waals surface area contributed by atoms with Crippen molar-refractivity contribution in [1.29, 1.82) is 0 Å². The second-order valence-corrected chi connectivity index (χ2v) is 26.5. The first-order valence-corrected chi connectivity index (χ1v) is 35.0. The molecule has 0 aliphatic heterocycles. The van der Waals surface area contributed by atoms with Crippen LogP contribution in [-0.4, -0.2) is 92.0 Å². The number of fused-ring (bicyclic) bond motifs is 4. The Morgan fingerprint density at radius 2 is 0.822 bits per heavy atom. The van der Waals surface area contributed by atoms with Crippen LogP contribution in [0.2, 0.25) is 0 Å². The van der Waals surface area contributed by atoms with Crippen LogP contribution in [-0.2, 0) is 0 Å². The number of aromatic hydroxyl groups is 1. The lowest BCUT2D eigenvalue weighted by molar-refractivity contribution is 0.207. The highest BCUT2D eigenvalue weighted by Crippen LogP contribution is 2.37. The summed E-state index contributed by atoms with van der Waals surface area (Å²) < 4.78 is 81.2. The van der Waals surface area contributed by atoms with Crippen LogP contribution in [0.15, 0.2) is 171 Å². The number of H-pyrrole nitrogens is 1. The van der Waals surface area contributed by atoms with Crippen LogP contribution >= 0.6 is 22.6 Å². The molecule has 3 aliphatic rings. The zero-order valence-corrected chi connectivity index (χ0v) is 58.2. The Balaban J connectivity index is 0.000000122. The van der Waals surface area contributed by atoms with Crippen molar-refractivity contribution in [3.63, 3.8) is 0 Å². The first-order valence-electron chi connectivity index (χ1n) is 34.0. The van der Waals surface area contributed by atoms with Gasteiger partial charge in [-0.15, -0.1) is 0 Å². The molecule has 9 heterocycles. The van der Waals surface area contributed by atoms with Gasteiger partial charge in [-0.05, 0) is 224 Å². The van der Waals surface area contributed by atoms with E-state index in [-0.39, 0.29) is 71.5 Å². The van der Waals surface area contributed by atoms with Gasteiger partial charge in [0.05, 0.1) is 77.0 Å². The van der Waals surface area contributed by atoms with Gasteiger partial charge in [-0.25, -0.2) is 55.6 Å². The highest BCUT2D eigenvalue weighted by molar-refractivity contribution is 14.1. The molecule has 0 spiro atoms. The quantitative estimate of drug-likeness (QED) is 0.0325. The molecule has 16 rings (SSSR count). The Morgan fingerprint density at radius 1 is 0.446 bits per heavy atom. The molecule has 0 saturated heterocycles. The minimum atomic E-state index is -0.384. The molecule has 4 unspecified atom stereocenters. The molecule has 4 aromatic carbocycles. The fourth-order valence-electron chi connectivity index (χ4n) is 12.8. The summed E-state index contributed by atoms with van der Waals surface area (Å²) in [4.78, 5) is 18.2. The molecule has 9 aromatic heterocycles. The summed E-state index contributed by atoms with van der Waals surface area (Å²) in [5.74, 6) is 3.84. The van der Waals surface area contributed by atoms with Crippen LogP contribution in [0.3, 0.4) is 0 Å². The number of phenols is 1.